The highest BCUT2D eigenvalue weighted by molar-refractivity contribution is 9.10. The number of rotatable bonds is 2. The molecule has 0 saturated heterocycles. The second kappa shape index (κ2) is 4.92. The molecule has 1 aromatic carbocycles. The third-order valence-electron chi connectivity index (χ3n) is 2.86. The van der Waals surface area contributed by atoms with E-state index in [9.17, 15) is 5.11 Å². The van der Waals surface area contributed by atoms with Crippen LogP contribution in [0.3, 0.4) is 0 Å². The third kappa shape index (κ3) is 2.62. The molecule has 1 atom stereocenters. The van der Waals surface area contributed by atoms with E-state index in [0.717, 1.165) is 20.5 Å². The SMILES string of the molecule is Cc1cc(C)c(C(O)c2cc(Br)ccc2C)s1. The summed E-state index contributed by atoms with van der Waals surface area (Å²) in [6.45, 7) is 6.15. The second-order valence-corrected chi connectivity index (χ2v) is 6.51. The Labute approximate surface area is 114 Å². The van der Waals surface area contributed by atoms with Gasteiger partial charge >= 0.3 is 0 Å². The van der Waals surface area contributed by atoms with Gasteiger partial charge in [-0.2, -0.15) is 0 Å². The minimum absolute atomic E-state index is 0.522. The van der Waals surface area contributed by atoms with E-state index < -0.39 is 6.10 Å². The molecule has 17 heavy (non-hydrogen) atoms. The van der Waals surface area contributed by atoms with E-state index in [1.165, 1.54) is 10.4 Å². The zero-order chi connectivity index (χ0) is 12.6. The number of benzene rings is 1. The van der Waals surface area contributed by atoms with Gasteiger partial charge in [0, 0.05) is 14.2 Å². The monoisotopic (exact) mass is 310 g/mol. The molecule has 0 amide bonds. The summed E-state index contributed by atoms with van der Waals surface area (Å²) in [5.74, 6) is 0. The molecule has 2 rings (SSSR count). The topological polar surface area (TPSA) is 20.2 Å². The van der Waals surface area contributed by atoms with Crippen LogP contribution in [0.25, 0.3) is 0 Å². The standard InChI is InChI=1S/C14H15BrOS/c1-8-4-5-11(15)7-12(8)13(16)14-9(2)6-10(3)17-14/h4-7,13,16H,1-3H3. The van der Waals surface area contributed by atoms with Gasteiger partial charge in [-0.25, -0.2) is 0 Å². The average Bonchev–Trinajstić information content (AvgIpc) is 2.60. The fourth-order valence-corrected chi connectivity index (χ4v) is 3.40. The fourth-order valence-electron chi connectivity index (χ4n) is 1.98. The Morgan fingerprint density at radius 2 is 1.82 bits per heavy atom. The van der Waals surface area contributed by atoms with Crippen LogP contribution < -0.4 is 0 Å². The van der Waals surface area contributed by atoms with Crippen molar-refractivity contribution >= 4 is 27.3 Å². The number of aryl methyl sites for hydroxylation is 3. The van der Waals surface area contributed by atoms with Crippen molar-refractivity contribution in [2.24, 2.45) is 0 Å². The van der Waals surface area contributed by atoms with Crippen molar-refractivity contribution in [2.75, 3.05) is 0 Å². The predicted octanol–water partition coefficient (Wildman–Crippen LogP) is 4.52. The molecule has 0 bridgehead atoms. The van der Waals surface area contributed by atoms with E-state index in [1.807, 2.05) is 25.1 Å². The van der Waals surface area contributed by atoms with Gasteiger partial charge < -0.3 is 5.11 Å². The Bertz CT molecular complexity index is 545. The highest BCUT2D eigenvalue weighted by atomic mass is 79.9. The third-order valence-corrected chi connectivity index (χ3v) is 4.56. The zero-order valence-corrected chi connectivity index (χ0v) is 12.5. The van der Waals surface area contributed by atoms with Crippen LogP contribution in [0.2, 0.25) is 0 Å². The van der Waals surface area contributed by atoms with Gasteiger partial charge in [0.1, 0.15) is 6.10 Å². The molecule has 90 valence electrons. The van der Waals surface area contributed by atoms with Crippen molar-refractivity contribution in [3.8, 4) is 0 Å². The number of hydrogen-bond donors (Lipinski definition) is 1. The minimum atomic E-state index is -0.522. The summed E-state index contributed by atoms with van der Waals surface area (Å²) in [5.41, 5.74) is 3.26. The Balaban J connectivity index is 2.46. The summed E-state index contributed by atoms with van der Waals surface area (Å²) < 4.78 is 1.00. The summed E-state index contributed by atoms with van der Waals surface area (Å²) in [6.07, 6.45) is -0.522. The van der Waals surface area contributed by atoms with Gasteiger partial charge in [0.2, 0.25) is 0 Å². The molecule has 0 fully saturated rings. The number of thiophene rings is 1. The van der Waals surface area contributed by atoms with E-state index in [0.29, 0.717) is 0 Å². The smallest absolute Gasteiger partial charge is 0.114 e. The first-order chi connectivity index (χ1) is 7.99. The van der Waals surface area contributed by atoms with Crippen LogP contribution in [0.1, 0.15) is 32.5 Å². The Kier molecular flexibility index (Phi) is 3.71. The van der Waals surface area contributed by atoms with Crippen LogP contribution in [0.4, 0.5) is 0 Å². The van der Waals surface area contributed by atoms with Crippen molar-refractivity contribution in [3.63, 3.8) is 0 Å². The van der Waals surface area contributed by atoms with Crippen LogP contribution >= 0.6 is 27.3 Å². The van der Waals surface area contributed by atoms with Crippen molar-refractivity contribution in [3.05, 3.63) is 55.2 Å². The van der Waals surface area contributed by atoms with Gasteiger partial charge in [0.05, 0.1) is 0 Å². The number of halogens is 1. The van der Waals surface area contributed by atoms with Crippen molar-refractivity contribution in [1.82, 2.24) is 0 Å². The zero-order valence-electron chi connectivity index (χ0n) is 10.1. The number of aliphatic hydroxyl groups excluding tert-OH is 1. The largest absolute Gasteiger partial charge is 0.383 e. The minimum Gasteiger partial charge on any atom is -0.383 e. The molecule has 0 aliphatic carbocycles. The lowest BCUT2D eigenvalue weighted by Gasteiger charge is -2.14. The Morgan fingerprint density at radius 1 is 1.12 bits per heavy atom. The molecule has 0 aliphatic heterocycles. The summed E-state index contributed by atoms with van der Waals surface area (Å²) in [5, 5.41) is 10.5. The summed E-state index contributed by atoms with van der Waals surface area (Å²) in [6, 6.07) is 8.14. The van der Waals surface area contributed by atoms with Gasteiger partial charge in [-0.05, 0) is 55.7 Å². The molecule has 1 aromatic heterocycles. The van der Waals surface area contributed by atoms with Crippen LogP contribution in [0.15, 0.2) is 28.7 Å². The molecule has 0 aliphatic rings. The normalized spacial score (nSPS) is 12.8. The predicted molar refractivity (Wildman–Crippen MR) is 76.7 cm³/mol. The van der Waals surface area contributed by atoms with E-state index in [1.54, 1.807) is 11.3 Å². The first-order valence-electron chi connectivity index (χ1n) is 5.50. The Hall–Kier alpha value is -0.640. The second-order valence-electron chi connectivity index (χ2n) is 4.31. The molecule has 0 radical (unpaired) electrons. The van der Waals surface area contributed by atoms with E-state index in [2.05, 4.69) is 35.8 Å². The lowest BCUT2D eigenvalue weighted by atomic mass is 10.0. The fraction of sp³-hybridized carbons (Fsp3) is 0.286. The molecule has 1 heterocycles. The highest BCUT2D eigenvalue weighted by Gasteiger charge is 2.17. The summed E-state index contributed by atoms with van der Waals surface area (Å²) >= 11 is 5.12. The molecule has 1 nitrogen and oxygen atoms in total. The number of hydrogen-bond acceptors (Lipinski definition) is 2. The molecular formula is C14H15BrOS. The maximum atomic E-state index is 10.5. The van der Waals surface area contributed by atoms with Crippen molar-refractivity contribution in [2.45, 2.75) is 26.9 Å². The first kappa shape index (κ1) is 12.8. The molecule has 0 saturated carbocycles. The first-order valence-corrected chi connectivity index (χ1v) is 7.11. The quantitative estimate of drug-likeness (QED) is 0.864. The van der Waals surface area contributed by atoms with Gasteiger partial charge in [-0.3, -0.25) is 0 Å². The number of aliphatic hydroxyl groups is 1. The Morgan fingerprint density at radius 3 is 2.41 bits per heavy atom. The maximum absolute atomic E-state index is 10.5. The summed E-state index contributed by atoms with van der Waals surface area (Å²) in [7, 11) is 0. The molecular weight excluding hydrogens is 296 g/mol. The molecule has 3 heteroatoms. The average molecular weight is 311 g/mol. The van der Waals surface area contributed by atoms with Crippen LogP contribution in [-0.4, -0.2) is 5.11 Å². The molecule has 1 unspecified atom stereocenters. The molecule has 0 spiro atoms. The highest BCUT2D eigenvalue weighted by Crippen LogP contribution is 2.34. The van der Waals surface area contributed by atoms with Crippen molar-refractivity contribution in [1.29, 1.82) is 0 Å². The van der Waals surface area contributed by atoms with Gasteiger partial charge in [0.15, 0.2) is 0 Å². The van der Waals surface area contributed by atoms with Crippen molar-refractivity contribution < 1.29 is 5.11 Å². The van der Waals surface area contributed by atoms with Crippen LogP contribution in [0.5, 0.6) is 0 Å². The maximum Gasteiger partial charge on any atom is 0.114 e. The lowest BCUT2D eigenvalue weighted by molar-refractivity contribution is 0.222. The molecule has 1 N–H and O–H groups in total. The van der Waals surface area contributed by atoms with E-state index >= 15 is 0 Å². The molecule has 2 aromatic rings. The van der Waals surface area contributed by atoms with Gasteiger partial charge in [-0.15, -0.1) is 11.3 Å². The lowest BCUT2D eigenvalue weighted by Crippen LogP contribution is -2.01. The summed E-state index contributed by atoms with van der Waals surface area (Å²) in [4.78, 5) is 2.29. The van der Waals surface area contributed by atoms with Crippen LogP contribution in [0, 0.1) is 20.8 Å². The van der Waals surface area contributed by atoms with E-state index in [-0.39, 0.29) is 0 Å². The van der Waals surface area contributed by atoms with Gasteiger partial charge in [0.25, 0.3) is 0 Å². The van der Waals surface area contributed by atoms with Gasteiger partial charge in [-0.1, -0.05) is 22.0 Å². The van der Waals surface area contributed by atoms with Crippen LogP contribution in [-0.2, 0) is 0 Å². The van der Waals surface area contributed by atoms with E-state index in [4.69, 9.17) is 0 Å².